The number of hydrogen-bond acceptors (Lipinski definition) is 2. The SMILES string of the molecule is Cc1cccc(F)c1/C(N)=N/N=C(\N)c1c(F)cccc1Cl. The summed E-state index contributed by atoms with van der Waals surface area (Å²) in [4.78, 5) is 0. The summed E-state index contributed by atoms with van der Waals surface area (Å²) >= 11 is 5.87. The molecular weight excluding hydrogens is 310 g/mol. The van der Waals surface area contributed by atoms with Gasteiger partial charge < -0.3 is 11.5 Å². The third-order valence-corrected chi connectivity index (χ3v) is 3.28. The van der Waals surface area contributed by atoms with Crippen molar-refractivity contribution in [2.45, 2.75) is 6.92 Å². The molecule has 4 N–H and O–H groups in total. The second-order valence-corrected chi connectivity index (χ2v) is 4.91. The zero-order chi connectivity index (χ0) is 16.3. The molecule has 114 valence electrons. The average Bonchev–Trinajstić information content (AvgIpc) is 2.44. The monoisotopic (exact) mass is 322 g/mol. The van der Waals surface area contributed by atoms with Crippen LogP contribution in [0.1, 0.15) is 16.7 Å². The van der Waals surface area contributed by atoms with Gasteiger partial charge in [0.15, 0.2) is 11.7 Å². The first-order chi connectivity index (χ1) is 10.4. The molecule has 2 rings (SSSR count). The number of aryl methyl sites for hydroxylation is 1. The molecule has 0 spiro atoms. The van der Waals surface area contributed by atoms with Crippen molar-refractivity contribution in [1.29, 1.82) is 0 Å². The predicted molar refractivity (Wildman–Crippen MR) is 84.0 cm³/mol. The molecular formula is C15H13ClF2N4. The summed E-state index contributed by atoms with van der Waals surface area (Å²) in [6.45, 7) is 1.68. The Morgan fingerprint density at radius 1 is 0.909 bits per heavy atom. The molecule has 0 aliphatic rings. The molecule has 0 aliphatic heterocycles. The number of amidine groups is 2. The normalized spacial score (nSPS) is 12.5. The van der Waals surface area contributed by atoms with Crippen molar-refractivity contribution in [3.05, 3.63) is 69.7 Å². The van der Waals surface area contributed by atoms with E-state index < -0.39 is 11.6 Å². The van der Waals surface area contributed by atoms with Crippen molar-refractivity contribution in [2.24, 2.45) is 21.7 Å². The molecule has 7 heteroatoms. The van der Waals surface area contributed by atoms with Gasteiger partial charge in [0.2, 0.25) is 0 Å². The lowest BCUT2D eigenvalue weighted by molar-refractivity contribution is 0.623. The molecule has 2 aromatic carbocycles. The molecule has 0 aliphatic carbocycles. The van der Waals surface area contributed by atoms with Gasteiger partial charge in [-0.1, -0.05) is 29.8 Å². The maximum atomic E-state index is 13.8. The predicted octanol–water partition coefficient (Wildman–Crippen LogP) is 2.95. The third-order valence-electron chi connectivity index (χ3n) is 2.96. The van der Waals surface area contributed by atoms with Crippen molar-refractivity contribution in [2.75, 3.05) is 0 Å². The van der Waals surface area contributed by atoms with Crippen LogP contribution in [0.3, 0.4) is 0 Å². The van der Waals surface area contributed by atoms with Crippen LogP contribution < -0.4 is 11.5 Å². The molecule has 22 heavy (non-hydrogen) atoms. The van der Waals surface area contributed by atoms with Crippen LogP contribution in [0.2, 0.25) is 5.02 Å². The van der Waals surface area contributed by atoms with E-state index in [1.54, 1.807) is 19.1 Å². The Labute approximate surface area is 131 Å². The molecule has 0 atom stereocenters. The minimum absolute atomic E-state index is 0.0778. The van der Waals surface area contributed by atoms with Crippen molar-refractivity contribution in [3.63, 3.8) is 0 Å². The zero-order valence-corrected chi connectivity index (χ0v) is 12.4. The van der Waals surface area contributed by atoms with Gasteiger partial charge in [0.25, 0.3) is 0 Å². The highest BCUT2D eigenvalue weighted by Crippen LogP contribution is 2.18. The van der Waals surface area contributed by atoms with E-state index in [4.69, 9.17) is 23.1 Å². The summed E-state index contributed by atoms with van der Waals surface area (Å²) in [5.74, 6) is -1.57. The Kier molecular flexibility index (Phi) is 4.72. The second kappa shape index (κ2) is 6.53. The van der Waals surface area contributed by atoms with Gasteiger partial charge >= 0.3 is 0 Å². The van der Waals surface area contributed by atoms with Crippen molar-refractivity contribution >= 4 is 23.3 Å². The summed E-state index contributed by atoms with van der Waals surface area (Å²) in [7, 11) is 0. The minimum Gasteiger partial charge on any atom is -0.382 e. The fourth-order valence-corrected chi connectivity index (χ4v) is 2.17. The van der Waals surface area contributed by atoms with Gasteiger partial charge in [-0.2, -0.15) is 0 Å². The lowest BCUT2D eigenvalue weighted by atomic mass is 10.1. The maximum Gasteiger partial charge on any atom is 0.157 e. The smallest absolute Gasteiger partial charge is 0.157 e. The lowest BCUT2D eigenvalue weighted by Gasteiger charge is -2.06. The van der Waals surface area contributed by atoms with E-state index in [0.29, 0.717) is 5.56 Å². The van der Waals surface area contributed by atoms with Crippen LogP contribution in [0.15, 0.2) is 46.6 Å². The largest absolute Gasteiger partial charge is 0.382 e. The summed E-state index contributed by atoms with van der Waals surface area (Å²) in [6.07, 6.45) is 0. The summed E-state index contributed by atoms with van der Waals surface area (Å²) in [5, 5.41) is 7.40. The highest BCUT2D eigenvalue weighted by molar-refractivity contribution is 6.34. The Morgan fingerprint density at radius 3 is 1.95 bits per heavy atom. The van der Waals surface area contributed by atoms with E-state index in [1.165, 1.54) is 24.3 Å². The molecule has 2 aromatic rings. The first kappa shape index (κ1) is 15.9. The molecule has 0 bridgehead atoms. The Balaban J connectivity index is 2.41. The molecule has 0 fully saturated rings. The lowest BCUT2D eigenvalue weighted by Crippen LogP contribution is -2.19. The number of rotatable bonds is 3. The number of hydrogen-bond donors (Lipinski definition) is 2. The number of benzene rings is 2. The van der Waals surface area contributed by atoms with Gasteiger partial charge in [-0.3, -0.25) is 0 Å². The van der Waals surface area contributed by atoms with Gasteiger partial charge in [-0.15, -0.1) is 10.2 Å². The van der Waals surface area contributed by atoms with Crippen LogP contribution in [-0.4, -0.2) is 11.7 Å². The summed E-state index contributed by atoms with van der Waals surface area (Å²) < 4.78 is 27.4. The van der Waals surface area contributed by atoms with Crippen LogP contribution in [0.5, 0.6) is 0 Å². The molecule has 0 saturated carbocycles. The van der Waals surface area contributed by atoms with Gasteiger partial charge in [0.1, 0.15) is 11.6 Å². The first-order valence-corrected chi connectivity index (χ1v) is 6.66. The first-order valence-electron chi connectivity index (χ1n) is 6.28. The zero-order valence-electron chi connectivity index (χ0n) is 11.6. The number of nitrogens with two attached hydrogens (primary N) is 2. The van der Waals surface area contributed by atoms with E-state index in [9.17, 15) is 8.78 Å². The standard InChI is InChI=1S/C15H13ClF2N4/c1-8-4-2-6-10(17)12(8)14(19)21-22-15(20)13-9(16)5-3-7-11(13)18/h2-7H,1H3,(H2,19,21)(H2,20,22). The quantitative estimate of drug-likeness (QED) is 0.518. The fraction of sp³-hybridized carbons (Fsp3) is 0.0667. The Bertz CT molecular complexity index is 666. The minimum atomic E-state index is -0.635. The molecule has 0 heterocycles. The topological polar surface area (TPSA) is 76.8 Å². The maximum absolute atomic E-state index is 13.8. The van der Waals surface area contributed by atoms with Gasteiger partial charge in [-0.05, 0) is 30.7 Å². The van der Waals surface area contributed by atoms with E-state index in [0.717, 1.165) is 0 Å². The van der Waals surface area contributed by atoms with E-state index in [-0.39, 0.29) is 27.8 Å². The van der Waals surface area contributed by atoms with Crippen LogP contribution in [-0.2, 0) is 0 Å². The molecule has 0 aromatic heterocycles. The van der Waals surface area contributed by atoms with Gasteiger partial charge in [0, 0.05) is 0 Å². The van der Waals surface area contributed by atoms with Gasteiger partial charge in [-0.25, -0.2) is 8.78 Å². The third kappa shape index (κ3) is 3.23. The summed E-state index contributed by atoms with van der Waals surface area (Å²) in [5.41, 5.74) is 12.0. The van der Waals surface area contributed by atoms with Crippen LogP contribution in [0.25, 0.3) is 0 Å². The van der Waals surface area contributed by atoms with Crippen LogP contribution in [0.4, 0.5) is 8.78 Å². The van der Waals surface area contributed by atoms with Crippen molar-refractivity contribution in [1.82, 2.24) is 0 Å². The van der Waals surface area contributed by atoms with Crippen LogP contribution >= 0.6 is 11.6 Å². The molecule has 4 nitrogen and oxygen atoms in total. The molecule has 0 amide bonds. The van der Waals surface area contributed by atoms with E-state index in [2.05, 4.69) is 10.2 Å². The molecule has 0 saturated heterocycles. The summed E-state index contributed by atoms with van der Waals surface area (Å²) in [6, 6.07) is 8.59. The number of nitrogens with zero attached hydrogens (tertiary/aromatic N) is 2. The van der Waals surface area contributed by atoms with Gasteiger partial charge in [0.05, 0.1) is 16.1 Å². The highest BCUT2D eigenvalue weighted by atomic mass is 35.5. The number of halogens is 3. The fourth-order valence-electron chi connectivity index (χ4n) is 1.91. The van der Waals surface area contributed by atoms with E-state index in [1.807, 2.05) is 0 Å². The Morgan fingerprint density at radius 2 is 1.41 bits per heavy atom. The van der Waals surface area contributed by atoms with E-state index >= 15 is 0 Å². The van der Waals surface area contributed by atoms with Crippen LogP contribution in [0, 0.1) is 18.6 Å². The van der Waals surface area contributed by atoms with Crippen molar-refractivity contribution < 1.29 is 8.78 Å². The average molecular weight is 323 g/mol. The highest BCUT2D eigenvalue weighted by Gasteiger charge is 2.12. The Hall–Kier alpha value is -2.47. The molecule has 0 unspecified atom stereocenters. The molecule has 0 radical (unpaired) electrons. The van der Waals surface area contributed by atoms with Crippen molar-refractivity contribution in [3.8, 4) is 0 Å². The second-order valence-electron chi connectivity index (χ2n) is 4.50.